The number of nitrogens with zero attached hydrogens (tertiary/aromatic N) is 3. The van der Waals surface area contributed by atoms with E-state index in [1.807, 2.05) is 67.6 Å². The molecule has 0 saturated carbocycles. The van der Waals surface area contributed by atoms with Gasteiger partial charge in [-0.25, -0.2) is 0 Å². The standard InChI is InChI=1S/C26H24N4O3/c1-18(20-9-10-23-24(14-20)33-13-12-32-23)28-26(31)22-17-30(16-19-6-3-2-4-7-19)29-25(22)21-8-5-11-27-15-21/h2-11,14-15,17-18H,12-13,16H2,1H3,(H,28,31). The van der Waals surface area contributed by atoms with Gasteiger partial charge in [-0.05, 0) is 42.3 Å². The highest BCUT2D eigenvalue weighted by Gasteiger charge is 2.21. The quantitative estimate of drug-likeness (QED) is 0.485. The number of ether oxygens (including phenoxy) is 2. The Hall–Kier alpha value is -4.13. The number of rotatable bonds is 6. The second-order valence-electron chi connectivity index (χ2n) is 7.91. The Balaban J connectivity index is 1.41. The number of carbonyl (C=O) groups excluding carboxylic acids is 1. The van der Waals surface area contributed by atoms with E-state index in [1.165, 1.54) is 0 Å². The van der Waals surface area contributed by atoms with Crippen LogP contribution < -0.4 is 14.8 Å². The van der Waals surface area contributed by atoms with E-state index < -0.39 is 0 Å². The molecule has 2 aromatic heterocycles. The molecule has 0 radical (unpaired) electrons. The number of carbonyl (C=O) groups is 1. The molecule has 0 aliphatic carbocycles. The lowest BCUT2D eigenvalue weighted by Gasteiger charge is -2.21. The van der Waals surface area contributed by atoms with Gasteiger partial charge in [0.2, 0.25) is 0 Å². The maximum absolute atomic E-state index is 13.3. The lowest BCUT2D eigenvalue weighted by atomic mass is 10.1. The van der Waals surface area contributed by atoms with Crippen molar-refractivity contribution in [3.05, 3.63) is 95.9 Å². The molecule has 4 aromatic rings. The lowest BCUT2D eigenvalue weighted by molar-refractivity contribution is 0.0940. The smallest absolute Gasteiger partial charge is 0.255 e. The Bertz CT molecular complexity index is 1260. The van der Waals surface area contributed by atoms with Crippen LogP contribution in [0.2, 0.25) is 0 Å². The van der Waals surface area contributed by atoms with E-state index in [0.717, 1.165) is 22.4 Å². The zero-order valence-electron chi connectivity index (χ0n) is 18.3. The van der Waals surface area contributed by atoms with Gasteiger partial charge in [0.05, 0.1) is 18.2 Å². The molecule has 1 unspecified atom stereocenters. The minimum absolute atomic E-state index is 0.199. The third kappa shape index (κ3) is 4.57. The molecule has 7 heteroatoms. The molecule has 3 heterocycles. The summed E-state index contributed by atoms with van der Waals surface area (Å²) in [5.74, 6) is 1.23. The van der Waals surface area contributed by atoms with Gasteiger partial charge >= 0.3 is 0 Å². The average Bonchev–Trinajstić information content (AvgIpc) is 3.29. The van der Waals surface area contributed by atoms with Crippen LogP contribution in [-0.2, 0) is 6.54 Å². The molecular formula is C26H24N4O3. The van der Waals surface area contributed by atoms with Crippen molar-refractivity contribution in [2.75, 3.05) is 13.2 Å². The Morgan fingerprint density at radius 1 is 1.06 bits per heavy atom. The van der Waals surface area contributed by atoms with Gasteiger partial charge in [0.1, 0.15) is 18.9 Å². The molecule has 1 N–H and O–H groups in total. The highest BCUT2D eigenvalue weighted by atomic mass is 16.6. The van der Waals surface area contributed by atoms with Crippen molar-refractivity contribution in [2.45, 2.75) is 19.5 Å². The Morgan fingerprint density at radius 3 is 2.67 bits per heavy atom. The van der Waals surface area contributed by atoms with Crippen LogP contribution >= 0.6 is 0 Å². The molecule has 0 spiro atoms. The molecule has 0 bridgehead atoms. The zero-order valence-corrected chi connectivity index (χ0v) is 18.3. The molecular weight excluding hydrogens is 416 g/mol. The fraction of sp³-hybridized carbons (Fsp3) is 0.192. The van der Waals surface area contributed by atoms with Crippen LogP contribution in [0.1, 0.15) is 34.5 Å². The van der Waals surface area contributed by atoms with E-state index in [1.54, 1.807) is 23.3 Å². The van der Waals surface area contributed by atoms with Gasteiger partial charge in [-0.3, -0.25) is 14.5 Å². The summed E-state index contributed by atoms with van der Waals surface area (Å²) in [5, 5.41) is 7.81. The van der Waals surface area contributed by atoms with E-state index in [4.69, 9.17) is 14.6 Å². The monoisotopic (exact) mass is 440 g/mol. The van der Waals surface area contributed by atoms with Gasteiger partial charge < -0.3 is 14.8 Å². The fourth-order valence-electron chi connectivity index (χ4n) is 3.84. The summed E-state index contributed by atoms with van der Waals surface area (Å²) in [6.45, 7) is 3.58. The predicted molar refractivity (Wildman–Crippen MR) is 124 cm³/mol. The molecule has 5 rings (SSSR count). The van der Waals surface area contributed by atoms with Crippen LogP contribution in [0.15, 0.2) is 79.3 Å². The molecule has 1 amide bonds. The predicted octanol–water partition coefficient (Wildman–Crippen LogP) is 4.26. The molecule has 33 heavy (non-hydrogen) atoms. The summed E-state index contributed by atoms with van der Waals surface area (Å²) in [4.78, 5) is 17.5. The SMILES string of the molecule is CC(NC(=O)c1cn(Cc2ccccc2)nc1-c1cccnc1)c1ccc2c(c1)OCCO2. The van der Waals surface area contributed by atoms with Gasteiger partial charge in [0, 0.05) is 24.2 Å². The summed E-state index contributed by atoms with van der Waals surface area (Å²) in [6.07, 6.45) is 5.21. The molecule has 2 aromatic carbocycles. The van der Waals surface area contributed by atoms with E-state index in [2.05, 4.69) is 10.3 Å². The molecule has 0 saturated heterocycles. The Kier molecular flexibility index (Phi) is 5.76. The Labute approximate surface area is 192 Å². The van der Waals surface area contributed by atoms with Crippen LogP contribution in [0.25, 0.3) is 11.3 Å². The maximum atomic E-state index is 13.3. The van der Waals surface area contributed by atoms with Crippen LogP contribution in [-0.4, -0.2) is 33.9 Å². The first-order valence-corrected chi connectivity index (χ1v) is 10.9. The van der Waals surface area contributed by atoms with Crippen molar-refractivity contribution in [1.29, 1.82) is 0 Å². The van der Waals surface area contributed by atoms with E-state index in [9.17, 15) is 4.79 Å². The van der Waals surface area contributed by atoms with Crippen LogP contribution in [0.3, 0.4) is 0 Å². The number of fused-ring (bicyclic) bond motifs is 1. The number of hydrogen-bond donors (Lipinski definition) is 1. The van der Waals surface area contributed by atoms with Gasteiger partial charge in [0.25, 0.3) is 5.91 Å². The number of aromatic nitrogens is 3. The Morgan fingerprint density at radius 2 is 1.88 bits per heavy atom. The minimum atomic E-state index is -0.229. The van der Waals surface area contributed by atoms with Crippen LogP contribution in [0, 0.1) is 0 Å². The second kappa shape index (κ2) is 9.16. The topological polar surface area (TPSA) is 78.3 Å². The minimum Gasteiger partial charge on any atom is -0.486 e. The van der Waals surface area contributed by atoms with Gasteiger partial charge in [-0.2, -0.15) is 5.10 Å². The van der Waals surface area contributed by atoms with E-state index in [-0.39, 0.29) is 11.9 Å². The molecule has 166 valence electrons. The van der Waals surface area contributed by atoms with Crippen molar-refractivity contribution in [3.8, 4) is 22.8 Å². The maximum Gasteiger partial charge on any atom is 0.255 e. The normalized spacial score (nSPS) is 13.4. The number of amides is 1. The van der Waals surface area contributed by atoms with Gasteiger partial charge in [-0.15, -0.1) is 0 Å². The summed E-state index contributed by atoms with van der Waals surface area (Å²) in [6, 6.07) is 19.3. The van der Waals surface area contributed by atoms with Gasteiger partial charge in [-0.1, -0.05) is 36.4 Å². The van der Waals surface area contributed by atoms with Crippen molar-refractivity contribution < 1.29 is 14.3 Å². The number of hydrogen-bond acceptors (Lipinski definition) is 5. The highest BCUT2D eigenvalue weighted by Crippen LogP contribution is 2.33. The molecule has 0 fully saturated rings. The molecule has 1 aliphatic rings. The zero-order chi connectivity index (χ0) is 22.6. The first-order chi connectivity index (χ1) is 16.2. The average molecular weight is 441 g/mol. The van der Waals surface area contributed by atoms with Crippen molar-refractivity contribution >= 4 is 5.91 Å². The van der Waals surface area contributed by atoms with E-state index >= 15 is 0 Å². The third-order valence-corrected chi connectivity index (χ3v) is 5.54. The molecule has 1 aliphatic heterocycles. The number of pyridine rings is 1. The van der Waals surface area contributed by atoms with E-state index in [0.29, 0.717) is 36.8 Å². The van der Waals surface area contributed by atoms with Crippen LogP contribution in [0.5, 0.6) is 11.5 Å². The first-order valence-electron chi connectivity index (χ1n) is 10.9. The lowest BCUT2D eigenvalue weighted by Crippen LogP contribution is -2.27. The number of nitrogens with one attached hydrogen (secondary N) is 1. The first kappa shape index (κ1) is 20.8. The summed E-state index contributed by atoms with van der Waals surface area (Å²) in [7, 11) is 0. The summed E-state index contributed by atoms with van der Waals surface area (Å²) < 4.78 is 13.1. The van der Waals surface area contributed by atoms with Crippen molar-refractivity contribution in [1.82, 2.24) is 20.1 Å². The highest BCUT2D eigenvalue weighted by molar-refractivity contribution is 6.00. The van der Waals surface area contributed by atoms with Crippen LogP contribution in [0.4, 0.5) is 0 Å². The molecule has 7 nitrogen and oxygen atoms in total. The molecule has 1 atom stereocenters. The van der Waals surface area contributed by atoms with Crippen molar-refractivity contribution in [3.63, 3.8) is 0 Å². The summed E-state index contributed by atoms with van der Waals surface area (Å²) in [5.41, 5.74) is 3.94. The fourth-order valence-corrected chi connectivity index (χ4v) is 3.84. The van der Waals surface area contributed by atoms with Crippen molar-refractivity contribution in [2.24, 2.45) is 0 Å². The second-order valence-corrected chi connectivity index (χ2v) is 7.91. The number of benzene rings is 2. The largest absolute Gasteiger partial charge is 0.486 e. The summed E-state index contributed by atoms with van der Waals surface area (Å²) >= 11 is 0. The third-order valence-electron chi connectivity index (χ3n) is 5.54. The van der Waals surface area contributed by atoms with Gasteiger partial charge in [0.15, 0.2) is 11.5 Å².